The zero-order valence-electron chi connectivity index (χ0n) is 20.8. The lowest BCUT2D eigenvalue weighted by molar-refractivity contribution is 0.0303. The van der Waals surface area contributed by atoms with Gasteiger partial charge in [0.2, 0.25) is 5.56 Å². The number of rotatable bonds is 5. The molecular weight excluding hydrogens is 494 g/mol. The number of aromatic nitrogens is 1. The molecule has 1 atom stereocenters. The molecule has 0 spiro atoms. The fourth-order valence-electron chi connectivity index (χ4n) is 5.55. The molecule has 3 aliphatic rings. The third-order valence-electron chi connectivity index (χ3n) is 7.56. The second kappa shape index (κ2) is 9.83. The van der Waals surface area contributed by atoms with Crippen molar-refractivity contribution in [2.24, 2.45) is 0 Å². The number of carbonyl (C=O) groups excluding carboxylic acids is 2. The van der Waals surface area contributed by atoms with E-state index in [0.717, 1.165) is 24.1 Å². The van der Waals surface area contributed by atoms with Gasteiger partial charge in [-0.25, -0.2) is 8.78 Å². The normalized spacial score (nSPS) is 19.7. The van der Waals surface area contributed by atoms with Gasteiger partial charge in [-0.2, -0.15) is 0 Å². The van der Waals surface area contributed by atoms with Crippen molar-refractivity contribution >= 4 is 28.4 Å². The van der Waals surface area contributed by atoms with Gasteiger partial charge in [-0.05, 0) is 48.9 Å². The van der Waals surface area contributed by atoms with E-state index in [1.807, 2.05) is 0 Å². The Balaban J connectivity index is 1.27. The molecule has 1 saturated carbocycles. The monoisotopic (exact) mass is 522 g/mol. The molecule has 2 saturated heterocycles. The fourth-order valence-corrected chi connectivity index (χ4v) is 5.55. The molecule has 1 aliphatic carbocycles. The highest BCUT2D eigenvalue weighted by molar-refractivity contribution is 6.06. The van der Waals surface area contributed by atoms with E-state index in [1.54, 1.807) is 11.0 Å². The largest absolute Gasteiger partial charge is 0.378 e. The van der Waals surface area contributed by atoms with Crippen LogP contribution < -0.4 is 15.8 Å². The minimum atomic E-state index is -0.609. The fraction of sp³-hybridized carbons (Fsp3) is 0.393. The molecule has 0 radical (unpaired) electrons. The van der Waals surface area contributed by atoms with Gasteiger partial charge in [0, 0.05) is 43.7 Å². The van der Waals surface area contributed by atoms with Crippen molar-refractivity contribution in [3.63, 3.8) is 0 Å². The number of H-pyrrole nitrogens is 1. The predicted octanol–water partition coefficient (Wildman–Crippen LogP) is 3.16. The molecule has 1 aromatic heterocycles. The van der Waals surface area contributed by atoms with E-state index >= 15 is 0 Å². The number of morpholine rings is 1. The van der Waals surface area contributed by atoms with E-state index in [-0.39, 0.29) is 28.9 Å². The van der Waals surface area contributed by atoms with Crippen molar-refractivity contribution < 1.29 is 23.1 Å². The van der Waals surface area contributed by atoms with Crippen molar-refractivity contribution in [1.29, 1.82) is 0 Å². The number of anilines is 1. The molecule has 6 rings (SSSR count). The van der Waals surface area contributed by atoms with Crippen molar-refractivity contribution in [3.8, 4) is 0 Å². The quantitative estimate of drug-likeness (QED) is 0.537. The molecule has 2 aliphatic heterocycles. The van der Waals surface area contributed by atoms with Crippen LogP contribution in [0.25, 0.3) is 10.9 Å². The van der Waals surface area contributed by atoms with Crippen LogP contribution in [-0.2, 0) is 4.74 Å². The number of halogens is 2. The van der Waals surface area contributed by atoms with Crippen LogP contribution in [0.2, 0.25) is 0 Å². The number of amides is 2. The van der Waals surface area contributed by atoms with E-state index in [1.165, 1.54) is 30.3 Å². The van der Waals surface area contributed by atoms with Crippen LogP contribution >= 0.6 is 0 Å². The van der Waals surface area contributed by atoms with E-state index < -0.39 is 23.1 Å². The maximum Gasteiger partial charge on any atom is 0.256 e. The third-order valence-corrected chi connectivity index (χ3v) is 7.56. The number of benzene rings is 2. The highest BCUT2D eigenvalue weighted by Gasteiger charge is 2.36. The van der Waals surface area contributed by atoms with Crippen LogP contribution in [0.1, 0.15) is 51.5 Å². The molecule has 2 aromatic carbocycles. The minimum Gasteiger partial charge on any atom is -0.378 e. The number of hydrogen-bond acceptors (Lipinski definition) is 5. The van der Waals surface area contributed by atoms with Crippen LogP contribution in [0.15, 0.2) is 41.2 Å². The average molecular weight is 523 g/mol. The molecule has 8 nitrogen and oxygen atoms in total. The van der Waals surface area contributed by atoms with Gasteiger partial charge in [0.05, 0.1) is 35.5 Å². The summed E-state index contributed by atoms with van der Waals surface area (Å²) in [7, 11) is 0. The summed E-state index contributed by atoms with van der Waals surface area (Å²) in [5.74, 6) is -1.51. The summed E-state index contributed by atoms with van der Waals surface area (Å²) in [6, 6.07) is 8.07. The first-order chi connectivity index (χ1) is 18.4. The highest BCUT2D eigenvalue weighted by Crippen LogP contribution is 2.47. The Labute approximate surface area is 217 Å². The lowest BCUT2D eigenvalue weighted by atomic mass is 10.0. The van der Waals surface area contributed by atoms with E-state index in [0.29, 0.717) is 56.8 Å². The smallest absolute Gasteiger partial charge is 0.256 e. The molecule has 0 bridgehead atoms. The molecule has 10 heteroatoms. The van der Waals surface area contributed by atoms with Crippen LogP contribution in [0, 0.1) is 11.6 Å². The Morgan fingerprint density at radius 3 is 2.55 bits per heavy atom. The summed E-state index contributed by atoms with van der Waals surface area (Å²) in [6.45, 7) is 2.81. The maximum atomic E-state index is 14.7. The summed E-state index contributed by atoms with van der Waals surface area (Å²) >= 11 is 0. The molecule has 2 N–H and O–H groups in total. The number of nitrogens with zero attached hydrogens (tertiary/aromatic N) is 2. The molecule has 3 heterocycles. The summed E-state index contributed by atoms with van der Waals surface area (Å²) in [5.41, 5.74) is 1.45. The first-order valence-corrected chi connectivity index (χ1v) is 13.0. The molecule has 3 fully saturated rings. The Hall–Kier alpha value is -3.79. The Morgan fingerprint density at radius 2 is 1.79 bits per heavy atom. The summed E-state index contributed by atoms with van der Waals surface area (Å²) in [4.78, 5) is 45.0. The number of hydrogen-bond donors (Lipinski definition) is 2. The SMILES string of the molecule is O=C(N[C@@H]1CCN(c2c(C(=O)N3CCOCC3)cc(F)cc2C2CC2)C1)c1cc(=O)[nH]c2c(F)cccc12. The minimum absolute atomic E-state index is 0.00940. The Morgan fingerprint density at radius 1 is 1.00 bits per heavy atom. The standard InChI is InChI=1S/C28H28F2N4O4/c29-17-12-20(16-4-5-16)26(22(13-17)28(37)33-8-10-38-11-9-33)34-7-6-18(15-34)31-27(36)21-14-24(35)32-25-19(21)2-1-3-23(25)30/h1-3,12-14,16,18H,4-11,15H2,(H,31,36)(H,32,35)/t18-/m1/s1. The summed E-state index contributed by atoms with van der Waals surface area (Å²) in [5, 5.41) is 3.30. The number of pyridine rings is 1. The highest BCUT2D eigenvalue weighted by atomic mass is 19.1. The number of aromatic amines is 1. The van der Waals surface area contributed by atoms with Crippen LogP contribution in [0.5, 0.6) is 0 Å². The second-order valence-corrected chi connectivity index (χ2v) is 10.2. The first kappa shape index (κ1) is 24.5. The lowest BCUT2D eigenvalue weighted by Gasteiger charge is -2.30. The van der Waals surface area contributed by atoms with Gasteiger partial charge in [0.25, 0.3) is 11.8 Å². The van der Waals surface area contributed by atoms with Crippen molar-refractivity contribution in [2.45, 2.75) is 31.2 Å². The van der Waals surface area contributed by atoms with Gasteiger partial charge < -0.3 is 24.8 Å². The maximum absolute atomic E-state index is 14.7. The third kappa shape index (κ3) is 4.64. The van der Waals surface area contributed by atoms with Gasteiger partial charge in [0.15, 0.2) is 0 Å². The second-order valence-electron chi connectivity index (χ2n) is 10.2. The Bertz CT molecular complexity index is 1480. The Kier molecular flexibility index (Phi) is 6.35. The molecule has 0 unspecified atom stereocenters. The molecule has 198 valence electrons. The van der Waals surface area contributed by atoms with E-state index in [4.69, 9.17) is 4.74 Å². The van der Waals surface area contributed by atoms with Crippen LogP contribution in [-0.4, -0.2) is 67.1 Å². The summed E-state index contributed by atoms with van der Waals surface area (Å²) < 4.78 is 34.3. The van der Waals surface area contributed by atoms with Crippen LogP contribution in [0.3, 0.4) is 0 Å². The van der Waals surface area contributed by atoms with Crippen LogP contribution in [0.4, 0.5) is 14.5 Å². The van der Waals surface area contributed by atoms with Crippen molar-refractivity contribution in [1.82, 2.24) is 15.2 Å². The number of para-hydroxylation sites is 1. The topological polar surface area (TPSA) is 94.7 Å². The number of carbonyl (C=O) groups is 2. The molecular formula is C28H28F2N4O4. The van der Waals surface area contributed by atoms with Gasteiger partial charge in [0.1, 0.15) is 11.6 Å². The number of nitrogens with one attached hydrogen (secondary N) is 2. The van der Waals surface area contributed by atoms with Gasteiger partial charge >= 0.3 is 0 Å². The van der Waals surface area contributed by atoms with E-state index in [9.17, 15) is 23.2 Å². The molecule has 3 aromatic rings. The zero-order valence-corrected chi connectivity index (χ0v) is 20.8. The van der Waals surface area contributed by atoms with Crippen molar-refractivity contribution in [3.05, 3.63) is 75.1 Å². The summed E-state index contributed by atoms with van der Waals surface area (Å²) in [6.07, 6.45) is 2.50. The van der Waals surface area contributed by atoms with Gasteiger partial charge in [-0.3, -0.25) is 14.4 Å². The van der Waals surface area contributed by atoms with E-state index in [2.05, 4.69) is 15.2 Å². The average Bonchev–Trinajstić information content (AvgIpc) is 3.67. The first-order valence-electron chi connectivity index (χ1n) is 13.0. The predicted molar refractivity (Wildman–Crippen MR) is 138 cm³/mol. The number of ether oxygens (including phenoxy) is 1. The van der Waals surface area contributed by atoms with Gasteiger partial charge in [-0.1, -0.05) is 12.1 Å². The van der Waals surface area contributed by atoms with Crippen molar-refractivity contribution in [2.75, 3.05) is 44.3 Å². The van der Waals surface area contributed by atoms with Gasteiger partial charge in [-0.15, -0.1) is 0 Å². The zero-order chi connectivity index (χ0) is 26.4. The molecule has 2 amide bonds. The molecule has 38 heavy (non-hydrogen) atoms. The number of fused-ring (bicyclic) bond motifs is 1. The lowest BCUT2D eigenvalue weighted by Crippen LogP contribution is -2.42.